The van der Waals surface area contributed by atoms with Crippen LogP contribution in [0, 0.1) is 0 Å². The lowest BCUT2D eigenvalue weighted by molar-refractivity contribution is -0.125. The van der Waals surface area contributed by atoms with Crippen LogP contribution in [-0.2, 0) is 14.3 Å². The van der Waals surface area contributed by atoms with Gasteiger partial charge in [-0.1, -0.05) is 0 Å². The van der Waals surface area contributed by atoms with Gasteiger partial charge < -0.3 is 20.5 Å². The van der Waals surface area contributed by atoms with E-state index in [-0.39, 0.29) is 25.0 Å². The molecule has 6 heteroatoms. The van der Waals surface area contributed by atoms with Gasteiger partial charge in [-0.15, -0.1) is 0 Å². The van der Waals surface area contributed by atoms with Crippen molar-refractivity contribution >= 4 is 11.8 Å². The van der Waals surface area contributed by atoms with E-state index in [1.54, 1.807) is 0 Å². The molecule has 0 saturated carbocycles. The Bertz CT molecular complexity index is 232. The maximum atomic E-state index is 11.4. The van der Waals surface area contributed by atoms with Crippen molar-refractivity contribution in [2.45, 2.75) is 18.9 Å². The molecule has 15 heavy (non-hydrogen) atoms. The summed E-state index contributed by atoms with van der Waals surface area (Å²) in [5.41, 5.74) is 0. The van der Waals surface area contributed by atoms with Gasteiger partial charge in [0, 0.05) is 13.0 Å². The number of aliphatic hydroxyl groups excluding tert-OH is 1. The van der Waals surface area contributed by atoms with Gasteiger partial charge in [-0.05, 0) is 6.42 Å². The van der Waals surface area contributed by atoms with Gasteiger partial charge in [-0.2, -0.15) is 0 Å². The van der Waals surface area contributed by atoms with Crippen molar-refractivity contribution in [3.8, 4) is 0 Å². The molecule has 86 valence electrons. The number of ether oxygens (including phenoxy) is 1. The van der Waals surface area contributed by atoms with E-state index in [0.29, 0.717) is 26.0 Å². The maximum absolute atomic E-state index is 11.4. The highest BCUT2D eigenvalue weighted by atomic mass is 16.5. The zero-order valence-electron chi connectivity index (χ0n) is 8.49. The number of nitrogens with one attached hydrogen (secondary N) is 2. The molecule has 0 unspecified atom stereocenters. The minimum Gasteiger partial charge on any atom is -0.394 e. The van der Waals surface area contributed by atoms with E-state index in [0.717, 1.165) is 0 Å². The van der Waals surface area contributed by atoms with E-state index in [1.165, 1.54) is 0 Å². The van der Waals surface area contributed by atoms with Crippen molar-refractivity contribution in [2.24, 2.45) is 0 Å². The summed E-state index contributed by atoms with van der Waals surface area (Å²) in [7, 11) is 0. The first-order chi connectivity index (χ1) is 7.24. The fraction of sp³-hybridized carbons (Fsp3) is 0.778. The van der Waals surface area contributed by atoms with Gasteiger partial charge in [-0.3, -0.25) is 9.59 Å². The first-order valence-electron chi connectivity index (χ1n) is 4.99. The van der Waals surface area contributed by atoms with Crippen LogP contribution in [0.5, 0.6) is 0 Å². The third-order valence-electron chi connectivity index (χ3n) is 2.09. The van der Waals surface area contributed by atoms with E-state index in [2.05, 4.69) is 10.6 Å². The molecule has 1 heterocycles. The molecular weight excluding hydrogens is 200 g/mol. The van der Waals surface area contributed by atoms with Crippen LogP contribution in [-0.4, -0.2) is 49.3 Å². The summed E-state index contributed by atoms with van der Waals surface area (Å²) in [6, 6.07) is -0.393. The minimum absolute atomic E-state index is 0.0212. The SMILES string of the molecule is O=C1CC[C@H](C(=O)NCCOCCO)N1. The Kier molecular flexibility index (Phi) is 5.06. The predicted molar refractivity (Wildman–Crippen MR) is 52.1 cm³/mol. The lowest BCUT2D eigenvalue weighted by Crippen LogP contribution is -2.42. The van der Waals surface area contributed by atoms with Crippen LogP contribution < -0.4 is 10.6 Å². The standard InChI is InChI=1S/C9H16N2O4/c12-4-6-15-5-3-10-9(14)7-1-2-8(13)11-7/h7,12H,1-6H2,(H,10,14)(H,11,13)/t7-/m1/s1. The number of carbonyl (C=O) groups excluding carboxylic acids is 2. The summed E-state index contributed by atoms with van der Waals surface area (Å²) < 4.78 is 4.96. The average molecular weight is 216 g/mol. The second kappa shape index (κ2) is 6.36. The summed E-state index contributed by atoms with van der Waals surface area (Å²) >= 11 is 0. The zero-order valence-corrected chi connectivity index (χ0v) is 8.49. The third-order valence-corrected chi connectivity index (χ3v) is 2.09. The van der Waals surface area contributed by atoms with Crippen LogP contribution in [0.1, 0.15) is 12.8 Å². The molecule has 0 aromatic carbocycles. The van der Waals surface area contributed by atoms with Crippen LogP contribution in [0.4, 0.5) is 0 Å². The first-order valence-corrected chi connectivity index (χ1v) is 4.99. The molecule has 0 bridgehead atoms. The summed E-state index contributed by atoms with van der Waals surface area (Å²) in [6.45, 7) is 1.01. The molecule has 0 spiro atoms. The normalized spacial score (nSPS) is 20.1. The van der Waals surface area contributed by atoms with Crippen molar-refractivity contribution in [2.75, 3.05) is 26.4 Å². The van der Waals surface area contributed by atoms with E-state index < -0.39 is 6.04 Å². The van der Waals surface area contributed by atoms with Crippen molar-refractivity contribution in [1.82, 2.24) is 10.6 Å². The number of hydrogen-bond acceptors (Lipinski definition) is 4. The summed E-state index contributed by atoms with van der Waals surface area (Å²) in [5.74, 6) is -0.250. The fourth-order valence-corrected chi connectivity index (χ4v) is 1.35. The van der Waals surface area contributed by atoms with Crippen molar-refractivity contribution < 1.29 is 19.4 Å². The van der Waals surface area contributed by atoms with Crippen LogP contribution in [0.2, 0.25) is 0 Å². The molecule has 2 amide bonds. The first kappa shape index (κ1) is 11.9. The van der Waals surface area contributed by atoms with Gasteiger partial charge in [0.25, 0.3) is 0 Å². The summed E-state index contributed by atoms with van der Waals surface area (Å²) in [5, 5.41) is 13.6. The number of carbonyl (C=O) groups is 2. The Labute approximate surface area is 88.0 Å². The largest absolute Gasteiger partial charge is 0.394 e. The van der Waals surface area contributed by atoms with Crippen LogP contribution in [0.3, 0.4) is 0 Å². The fourth-order valence-electron chi connectivity index (χ4n) is 1.35. The Morgan fingerprint density at radius 3 is 3.00 bits per heavy atom. The van der Waals surface area contributed by atoms with Crippen molar-refractivity contribution in [1.29, 1.82) is 0 Å². The average Bonchev–Trinajstić information content (AvgIpc) is 2.64. The second-order valence-electron chi connectivity index (χ2n) is 3.29. The van der Waals surface area contributed by atoms with Gasteiger partial charge in [0.05, 0.1) is 19.8 Å². The van der Waals surface area contributed by atoms with Gasteiger partial charge in [-0.25, -0.2) is 0 Å². The van der Waals surface area contributed by atoms with Gasteiger partial charge in [0.2, 0.25) is 11.8 Å². The van der Waals surface area contributed by atoms with Crippen LogP contribution in [0.25, 0.3) is 0 Å². The quantitative estimate of drug-likeness (QED) is 0.466. The number of amides is 2. The molecule has 1 atom stereocenters. The monoisotopic (exact) mass is 216 g/mol. The molecule has 1 aliphatic heterocycles. The molecule has 6 nitrogen and oxygen atoms in total. The van der Waals surface area contributed by atoms with Gasteiger partial charge in [0.15, 0.2) is 0 Å². The smallest absolute Gasteiger partial charge is 0.242 e. The van der Waals surface area contributed by atoms with Crippen LogP contribution >= 0.6 is 0 Å². The number of hydrogen-bond donors (Lipinski definition) is 3. The van der Waals surface area contributed by atoms with E-state index in [9.17, 15) is 9.59 Å². The molecule has 0 aromatic rings. The molecule has 3 N–H and O–H groups in total. The zero-order chi connectivity index (χ0) is 11.1. The Morgan fingerprint density at radius 1 is 1.60 bits per heavy atom. The van der Waals surface area contributed by atoms with E-state index in [4.69, 9.17) is 9.84 Å². The maximum Gasteiger partial charge on any atom is 0.242 e. The highest BCUT2D eigenvalue weighted by molar-refractivity contribution is 5.90. The highest BCUT2D eigenvalue weighted by Crippen LogP contribution is 2.05. The van der Waals surface area contributed by atoms with Gasteiger partial charge >= 0.3 is 0 Å². The summed E-state index contributed by atoms with van der Waals surface area (Å²) in [6.07, 6.45) is 0.973. The Morgan fingerprint density at radius 2 is 2.40 bits per heavy atom. The highest BCUT2D eigenvalue weighted by Gasteiger charge is 2.26. The predicted octanol–water partition coefficient (Wildman–Crippen LogP) is -1.61. The third kappa shape index (κ3) is 4.26. The molecule has 0 aliphatic carbocycles. The summed E-state index contributed by atoms with van der Waals surface area (Å²) in [4.78, 5) is 22.2. The Balaban J connectivity index is 2.06. The Hall–Kier alpha value is -1.14. The molecular formula is C9H16N2O4. The van der Waals surface area contributed by atoms with Crippen molar-refractivity contribution in [3.63, 3.8) is 0 Å². The van der Waals surface area contributed by atoms with Crippen molar-refractivity contribution in [3.05, 3.63) is 0 Å². The number of rotatable bonds is 6. The van der Waals surface area contributed by atoms with Crippen LogP contribution in [0.15, 0.2) is 0 Å². The van der Waals surface area contributed by atoms with Gasteiger partial charge in [0.1, 0.15) is 6.04 Å². The lowest BCUT2D eigenvalue weighted by atomic mass is 10.2. The molecule has 1 aliphatic rings. The lowest BCUT2D eigenvalue weighted by Gasteiger charge is -2.10. The molecule has 1 saturated heterocycles. The molecule has 0 aromatic heterocycles. The van der Waals surface area contributed by atoms with E-state index in [1.807, 2.05) is 0 Å². The molecule has 1 fully saturated rings. The second-order valence-corrected chi connectivity index (χ2v) is 3.29. The topological polar surface area (TPSA) is 87.7 Å². The van der Waals surface area contributed by atoms with E-state index >= 15 is 0 Å². The number of aliphatic hydroxyl groups is 1. The molecule has 1 rings (SSSR count). The minimum atomic E-state index is -0.393. The molecule has 0 radical (unpaired) electrons.